The Bertz CT molecular complexity index is 192. The van der Waals surface area contributed by atoms with E-state index in [2.05, 4.69) is 17.2 Å². The highest BCUT2D eigenvalue weighted by atomic mass is 16.2. The van der Waals surface area contributed by atoms with Crippen molar-refractivity contribution in [3.63, 3.8) is 0 Å². The lowest BCUT2D eigenvalue weighted by Crippen LogP contribution is -2.45. The first-order chi connectivity index (χ1) is 5.81. The number of carbonyl (C=O) groups is 1. The lowest BCUT2D eigenvalue weighted by Gasteiger charge is -2.20. The van der Waals surface area contributed by atoms with E-state index in [-0.39, 0.29) is 11.4 Å². The SMILES string of the molecule is C=C(C)CNCC(=O)NC(C)(C)C. The fraction of sp³-hybridized carbons (Fsp3) is 0.700. The molecule has 0 aromatic carbocycles. The van der Waals surface area contributed by atoms with Gasteiger partial charge in [0.2, 0.25) is 5.91 Å². The van der Waals surface area contributed by atoms with E-state index in [0.29, 0.717) is 13.1 Å². The van der Waals surface area contributed by atoms with Crippen LogP contribution in [0.5, 0.6) is 0 Å². The van der Waals surface area contributed by atoms with Gasteiger partial charge in [-0.3, -0.25) is 4.79 Å². The van der Waals surface area contributed by atoms with Crippen LogP contribution in [0.3, 0.4) is 0 Å². The second-order valence-electron chi connectivity index (χ2n) is 4.36. The summed E-state index contributed by atoms with van der Waals surface area (Å²) in [5.41, 5.74) is 0.880. The average molecular weight is 184 g/mol. The van der Waals surface area contributed by atoms with Gasteiger partial charge in [-0.2, -0.15) is 0 Å². The number of hydrogen-bond acceptors (Lipinski definition) is 2. The number of nitrogens with one attached hydrogen (secondary N) is 2. The molecule has 0 rings (SSSR count). The molecule has 0 saturated heterocycles. The molecule has 0 saturated carbocycles. The summed E-state index contributed by atoms with van der Waals surface area (Å²) in [6, 6.07) is 0. The fourth-order valence-corrected chi connectivity index (χ4v) is 0.852. The molecule has 0 bridgehead atoms. The molecule has 0 aliphatic carbocycles. The van der Waals surface area contributed by atoms with Crippen LogP contribution >= 0.6 is 0 Å². The van der Waals surface area contributed by atoms with Crippen LogP contribution < -0.4 is 10.6 Å². The topological polar surface area (TPSA) is 41.1 Å². The van der Waals surface area contributed by atoms with Crippen molar-refractivity contribution in [2.24, 2.45) is 0 Å². The van der Waals surface area contributed by atoms with E-state index in [9.17, 15) is 4.79 Å². The Morgan fingerprint density at radius 1 is 1.31 bits per heavy atom. The Balaban J connectivity index is 3.59. The first-order valence-electron chi connectivity index (χ1n) is 4.47. The number of rotatable bonds is 4. The lowest BCUT2D eigenvalue weighted by atomic mass is 10.1. The van der Waals surface area contributed by atoms with Gasteiger partial charge >= 0.3 is 0 Å². The molecule has 0 aromatic rings. The molecule has 76 valence electrons. The van der Waals surface area contributed by atoms with Crippen molar-refractivity contribution in [2.75, 3.05) is 13.1 Å². The van der Waals surface area contributed by atoms with Gasteiger partial charge in [0.1, 0.15) is 0 Å². The number of carbonyl (C=O) groups excluding carboxylic acids is 1. The molecule has 0 aliphatic heterocycles. The molecule has 0 heterocycles. The smallest absolute Gasteiger partial charge is 0.234 e. The second kappa shape index (κ2) is 5.02. The largest absolute Gasteiger partial charge is 0.350 e. The van der Waals surface area contributed by atoms with Crippen LogP contribution in [-0.2, 0) is 4.79 Å². The van der Waals surface area contributed by atoms with E-state index in [1.54, 1.807) is 0 Å². The van der Waals surface area contributed by atoms with Crippen molar-refractivity contribution in [2.45, 2.75) is 33.2 Å². The Hall–Kier alpha value is -0.830. The summed E-state index contributed by atoms with van der Waals surface area (Å²) >= 11 is 0. The summed E-state index contributed by atoms with van der Waals surface area (Å²) in [6.45, 7) is 12.6. The highest BCUT2D eigenvalue weighted by molar-refractivity contribution is 5.78. The van der Waals surface area contributed by atoms with Crippen molar-refractivity contribution < 1.29 is 4.79 Å². The van der Waals surface area contributed by atoms with Gasteiger partial charge in [-0.15, -0.1) is 0 Å². The van der Waals surface area contributed by atoms with Crippen molar-refractivity contribution in [3.8, 4) is 0 Å². The molecule has 3 heteroatoms. The van der Waals surface area contributed by atoms with Crippen LogP contribution in [-0.4, -0.2) is 24.5 Å². The summed E-state index contributed by atoms with van der Waals surface area (Å²) in [7, 11) is 0. The third-order valence-corrected chi connectivity index (χ3v) is 1.23. The predicted octanol–water partition coefficient (Wildman–Crippen LogP) is 1.07. The van der Waals surface area contributed by atoms with Gasteiger partial charge < -0.3 is 10.6 Å². The zero-order valence-corrected chi connectivity index (χ0v) is 9.03. The third kappa shape index (κ3) is 9.08. The molecule has 0 radical (unpaired) electrons. The molecule has 0 fully saturated rings. The highest BCUT2D eigenvalue weighted by Crippen LogP contribution is 1.97. The average Bonchev–Trinajstić information content (AvgIpc) is 1.81. The van der Waals surface area contributed by atoms with Crippen LogP contribution in [0.2, 0.25) is 0 Å². The zero-order valence-electron chi connectivity index (χ0n) is 9.03. The molecule has 13 heavy (non-hydrogen) atoms. The molecule has 0 unspecified atom stereocenters. The van der Waals surface area contributed by atoms with Crippen LogP contribution in [0.4, 0.5) is 0 Å². The summed E-state index contributed by atoms with van der Waals surface area (Å²) in [4.78, 5) is 11.2. The minimum absolute atomic E-state index is 0.0220. The van der Waals surface area contributed by atoms with E-state index in [1.807, 2.05) is 27.7 Å². The summed E-state index contributed by atoms with van der Waals surface area (Å²) in [6.07, 6.45) is 0. The van der Waals surface area contributed by atoms with Gasteiger partial charge in [0.05, 0.1) is 6.54 Å². The molecule has 0 spiro atoms. The van der Waals surface area contributed by atoms with Gasteiger partial charge in [-0.25, -0.2) is 0 Å². The normalized spacial score (nSPS) is 11.1. The lowest BCUT2D eigenvalue weighted by molar-refractivity contribution is -0.121. The molecular weight excluding hydrogens is 164 g/mol. The fourth-order valence-electron chi connectivity index (χ4n) is 0.852. The maximum Gasteiger partial charge on any atom is 0.234 e. The van der Waals surface area contributed by atoms with Crippen molar-refractivity contribution >= 4 is 5.91 Å². The molecule has 0 atom stereocenters. The van der Waals surface area contributed by atoms with Gasteiger partial charge in [0, 0.05) is 12.1 Å². The van der Waals surface area contributed by atoms with E-state index >= 15 is 0 Å². The van der Waals surface area contributed by atoms with Crippen molar-refractivity contribution in [1.29, 1.82) is 0 Å². The first kappa shape index (κ1) is 12.2. The van der Waals surface area contributed by atoms with E-state index in [0.717, 1.165) is 5.57 Å². The summed E-state index contributed by atoms with van der Waals surface area (Å²) in [5, 5.41) is 5.86. The highest BCUT2D eigenvalue weighted by Gasteiger charge is 2.12. The van der Waals surface area contributed by atoms with Crippen LogP contribution in [0.1, 0.15) is 27.7 Å². The molecule has 0 aliphatic rings. The maximum atomic E-state index is 11.2. The minimum Gasteiger partial charge on any atom is -0.350 e. The Morgan fingerprint density at radius 2 is 1.85 bits per heavy atom. The maximum absolute atomic E-state index is 11.2. The molecule has 1 amide bonds. The second-order valence-corrected chi connectivity index (χ2v) is 4.36. The number of amides is 1. The quantitative estimate of drug-likeness (QED) is 0.642. The summed E-state index contributed by atoms with van der Waals surface area (Å²) in [5.74, 6) is 0.0220. The Morgan fingerprint density at radius 3 is 2.23 bits per heavy atom. The van der Waals surface area contributed by atoms with Crippen molar-refractivity contribution in [3.05, 3.63) is 12.2 Å². The molecule has 2 N–H and O–H groups in total. The van der Waals surface area contributed by atoms with Crippen LogP contribution in [0, 0.1) is 0 Å². The Labute approximate surface area is 80.6 Å². The van der Waals surface area contributed by atoms with E-state index in [1.165, 1.54) is 0 Å². The standard InChI is InChI=1S/C10H20N2O/c1-8(2)6-11-7-9(13)12-10(3,4)5/h11H,1,6-7H2,2-5H3,(H,12,13). The van der Waals surface area contributed by atoms with E-state index < -0.39 is 0 Å². The van der Waals surface area contributed by atoms with Crippen LogP contribution in [0.25, 0.3) is 0 Å². The van der Waals surface area contributed by atoms with Gasteiger partial charge in [0.25, 0.3) is 0 Å². The summed E-state index contributed by atoms with van der Waals surface area (Å²) < 4.78 is 0. The Kier molecular flexibility index (Phi) is 4.70. The monoisotopic (exact) mass is 184 g/mol. The first-order valence-corrected chi connectivity index (χ1v) is 4.47. The van der Waals surface area contributed by atoms with Gasteiger partial charge in [-0.05, 0) is 27.7 Å². The van der Waals surface area contributed by atoms with Gasteiger partial charge in [0.15, 0.2) is 0 Å². The third-order valence-electron chi connectivity index (χ3n) is 1.23. The van der Waals surface area contributed by atoms with Gasteiger partial charge in [-0.1, -0.05) is 12.2 Å². The minimum atomic E-state index is -0.151. The number of hydrogen-bond donors (Lipinski definition) is 2. The molecule has 3 nitrogen and oxygen atoms in total. The molecular formula is C10H20N2O. The zero-order chi connectivity index (χ0) is 10.5. The van der Waals surface area contributed by atoms with E-state index in [4.69, 9.17) is 0 Å². The molecule has 0 aromatic heterocycles. The van der Waals surface area contributed by atoms with Crippen molar-refractivity contribution in [1.82, 2.24) is 10.6 Å². The van der Waals surface area contributed by atoms with Crippen LogP contribution in [0.15, 0.2) is 12.2 Å². The predicted molar refractivity (Wildman–Crippen MR) is 55.6 cm³/mol.